The van der Waals surface area contributed by atoms with E-state index in [4.69, 9.17) is 8.83 Å². The molecule has 2 atom stereocenters. The van der Waals surface area contributed by atoms with E-state index in [-0.39, 0.29) is 17.3 Å². The van der Waals surface area contributed by atoms with E-state index in [2.05, 4.69) is 33.9 Å². The van der Waals surface area contributed by atoms with Crippen LogP contribution in [0.2, 0.25) is 0 Å². The van der Waals surface area contributed by atoms with E-state index in [0.717, 1.165) is 24.1 Å². The molecule has 0 N–H and O–H groups in total. The van der Waals surface area contributed by atoms with Gasteiger partial charge in [0, 0.05) is 26.0 Å². The maximum absolute atomic E-state index is 13.2. The number of carbonyl (C=O) groups excluding carboxylic acids is 1. The fraction of sp³-hybridized carbons (Fsp3) is 0.393. The number of oxazole rings is 2. The van der Waals surface area contributed by atoms with Gasteiger partial charge >= 0.3 is 0 Å². The molecule has 5 heterocycles. The summed E-state index contributed by atoms with van der Waals surface area (Å²) in [6, 6.07) is 4.63. The van der Waals surface area contributed by atoms with Crippen LogP contribution in [0.4, 0.5) is 4.39 Å². The normalized spacial score (nSPS) is 19.2. The van der Waals surface area contributed by atoms with Crippen molar-refractivity contribution in [3.05, 3.63) is 65.5 Å². The zero-order valence-corrected chi connectivity index (χ0v) is 22.0. The molecule has 2 aliphatic heterocycles. The van der Waals surface area contributed by atoms with Crippen LogP contribution >= 0.6 is 0 Å². The Morgan fingerprint density at radius 3 is 2.84 bits per heavy atom. The third-order valence-corrected chi connectivity index (χ3v) is 7.26. The molecule has 0 aliphatic carbocycles. The van der Waals surface area contributed by atoms with Gasteiger partial charge in [-0.05, 0) is 48.8 Å². The number of carbonyl (C=O) groups is 1. The number of aromatic nitrogens is 4. The number of rotatable bonds is 3. The summed E-state index contributed by atoms with van der Waals surface area (Å²) in [5.41, 5.74) is 4.68. The molecule has 4 aromatic rings. The van der Waals surface area contributed by atoms with Crippen molar-refractivity contribution >= 4 is 23.2 Å². The van der Waals surface area contributed by atoms with Gasteiger partial charge in [0.1, 0.15) is 5.52 Å². The molecule has 38 heavy (non-hydrogen) atoms. The van der Waals surface area contributed by atoms with Crippen molar-refractivity contribution in [3.63, 3.8) is 0 Å². The average molecular weight is 519 g/mol. The number of para-hydroxylation sites is 1. The molecule has 0 spiro atoms. The van der Waals surface area contributed by atoms with Gasteiger partial charge in [-0.25, -0.2) is 14.4 Å². The SMILES string of the molecule is CCc1nc(-c2cnn(C)c2)oc1C(=O)N1CCC2=C(C1)N=CCC(C)[C@@H]2C.Fc1cccc2ncoc12. The highest BCUT2D eigenvalue weighted by Gasteiger charge is 2.32. The van der Waals surface area contributed by atoms with Gasteiger partial charge in [0.15, 0.2) is 17.8 Å². The molecule has 198 valence electrons. The number of aliphatic imine (C=N–C) groups is 1. The van der Waals surface area contributed by atoms with Crippen LogP contribution in [0.15, 0.2) is 62.1 Å². The molecule has 1 unspecified atom stereocenters. The van der Waals surface area contributed by atoms with Crippen molar-refractivity contribution in [2.24, 2.45) is 23.9 Å². The monoisotopic (exact) mass is 518 g/mol. The Morgan fingerprint density at radius 1 is 1.26 bits per heavy atom. The quantitative estimate of drug-likeness (QED) is 0.357. The topological polar surface area (TPSA) is 103 Å². The van der Waals surface area contributed by atoms with E-state index in [9.17, 15) is 9.18 Å². The summed E-state index contributed by atoms with van der Waals surface area (Å²) in [6.07, 6.45) is 9.26. The average Bonchev–Trinajstić information content (AvgIpc) is 3.66. The number of fused-ring (bicyclic) bond motifs is 1. The van der Waals surface area contributed by atoms with E-state index in [0.29, 0.717) is 54.2 Å². The zero-order chi connectivity index (χ0) is 26.8. The number of amides is 1. The van der Waals surface area contributed by atoms with E-state index in [1.165, 1.54) is 18.0 Å². The van der Waals surface area contributed by atoms with Crippen LogP contribution in [0.5, 0.6) is 0 Å². The first-order valence-corrected chi connectivity index (χ1v) is 12.9. The van der Waals surface area contributed by atoms with Crippen LogP contribution in [-0.4, -0.2) is 49.9 Å². The third kappa shape index (κ3) is 5.03. The largest absolute Gasteiger partial charge is 0.440 e. The Balaban J connectivity index is 0.000000244. The number of halogens is 1. The molecule has 0 saturated heterocycles. The van der Waals surface area contributed by atoms with Gasteiger partial charge in [-0.3, -0.25) is 14.5 Å². The number of hydrogen-bond donors (Lipinski definition) is 0. The maximum atomic E-state index is 13.2. The number of aryl methyl sites for hydroxylation is 2. The smallest absolute Gasteiger partial charge is 0.291 e. The molecule has 1 amide bonds. The van der Waals surface area contributed by atoms with Gasteiger partial charge < -0.3 is 13.7 Å². The summed E-state index contributed by atoms with van der Waals surface area (Å²) in [7, 11) is 1.84. The second kappa shape index (κ2) is 10.7. The molecule has 10 heteroatoms. The van der Waals surface area contributed by atoms with Gasteiger partial charge in [-0.2, -0.15) is 5.10 Å². The Labute approximate surface area is 220 Å². The van der Waals surface area contributed by atoms with Crippen LogP contribution in [-0.2, 0) is 13.5 Å². The Hall–Kier alpha value is -4.08. The lowest BCUT2D eigenvalue weighted by Gasteiger charge is -2.31. The molecule has 9 nitrogen and oxygen atoms in total. The fourth-order valence-corrected chi connectivity index (χ4v) is 4.83. The summed E-state index contributed by atoms with van der Waals surface area (Å²) in [4.78, 5) is 28.1. The summed E-state index contributed by atoms with van der Waals surface area (Å²) >= 11 is 0. The van der Waals surface area contributed by atoms with Crippen molar-refractivity contribution in [2.45, 2.75) is 40.0 Å². The molecular weight excluding hydrogens is 487 g/mol. The third-order valence-electron chi connectivity index (χ3n) is 7.26. The number of hydrogen-bond acceptors (Lipinski definition) is 7. The highest BCUT2D eigenvalue weighted by atomic mass is 19.1. The van der Waals surface area contributed by atoms with Crippen molar-refractivity contribution in [3.8, 4) is 11.5 Å². The summed E-state index contributed by atoms with van der Waals surface area (Å²) in [6.45, 7) is 7.76. The van der Waals surface area contributed by atoms with Crippen molar-refractivity contribution in [2.75, 3.05) is 13.1 Å². The molecular formula is C28H31FN6O3. The van der Waals surface area contributed by atoms with Crippen LogP contribution in [0.1, 0.15) is 49.9 Å². The lowest BCUT2D eigenvalue weighted by molar-refractivity contribution is 0.0727. The molecule has 6 rings (SSSR count). The molecule has 1 aromatic carbocycles. The molecule has 2 aliphatic rings. The Morgan fingerprint density at radius 2 is 2.11 bits per heavy atom. The van der Waals surface area contributed by atoms with Crippen molar-refractivity contribution in [1.29, 1.82) is 0 Å². The lowest BCUT2D eigenvalue weighted by atomic mass is 9.83. The fourth-order valence-electron chi connectivity index (χ4n) is 4.83. The minimum Gasteiger partial charge on any atom is -0.440 e. The minimum atomic E-state index is -0.366. The summed E-state index contributed by atoms with van der Waals surface area (Å²) in [5, 5.41) is 4.16. The highest BCUT2D eigenvalue weighted by Crippen LogP contribution is 2.34. The number of benzene rings is 1. The highest BCUT2D eigenvalue weighted by molar-refractivity contribution is 5.93. The van der Waals surface area contributed by atoms with Gasteiger partial charge in [-0.1, -0.05) is 26.8 Å². The summed E-state index contributed by atoms with van der Waals surface area (Å²) < 4.78 is 25.0. The Bertz CT molecular complexity index is 1510. The zero-order valence-electron chi connectivity index (χ0n) is 22.0. The van der Waals surface area contributed by atoms with Crippen LogP contribution in [0, 0.1) is 17.7 Å². The summed E-state index contributed by atoms with van der Waals surface area (Å²) in [5.74, 6) is 1.40. The first-order valence-electron chi connectivity index (χ1n) is 12.9. The van der Waals surface area contributed by atoms with Crippen LogP contribution < -0.4 is 0 Å². The predicted molar refractivity (Wildman–Crippen MR) is 141 cm³/mol. The van der Waals surface area contributed by atoms with Gasteiger partial charge in [0.05, 0.1) is 29.7 Å². The maximum Gasteiger partial charge on any atom is 0.291 e. The minimum absolute atomic E-state index is 0.105. The molecule has 0 saturated carbocycles. The van der Waals surface area contributed by atoms with Crippen LogP contribution in [0.3, 0.4) is 0 Å². The molecule has 3 aromatic heterocycles. The first kappa shape index (κ1) is 25.6. The second-order valence-electron chi connectivity index (χ2n) is 9.75. The molecule has 0 fully saturated rings. The van der Waals surface area contributed by atoms with E-state index in [1.54, 1.807) is 23.0 Å². The van der Waals surface area contributed by atoms with Gasteiger partial charge in [0.25, 0.3) is 5.91 Å². The standard InChI is InChI=1S/C21H27N5O2.C7H4FNO/c1-5-17-19(28-20(24-17)15-10-23-25(4)11-15)21(27)26-9-7-16-14(3)13(2)6-8-22-18(16)12-26;8-5-2-1-3-6-7(5)10-4-9-6/h8,10-11,13-14H,5-7,9,12H2,1-4H3;1-4H/t13?,14-;/m0./s1. The first-order chi connectivity index (χ1) is 18.4. The van der Waals surface area contributed by atoms with E-state index >= 15 is 0 Å². The van der Waals surface area contributed by atoms with E-state index < -0.39 is 0 Å². The number of nitrogens with zero attached hydrogens (tertiary/aromatic N) is 6. The van der Waals surface area contributed by atoms with Crippen LogP contribution in [0.25, 0.3) is 22.6 Å². The van der Waals surface area contributed by atoms with Gasteiger partial charge in [-0.15, -0.1) is 0 Å². The Kier molecular flexibility index (Phi) is 7.22. The van der Waals surface area contributed by atoms with Crippen molar-refractivity contribution < 1.29 is 18.0 Å². The molecule has 0 bridgehead atoms. The van der Waals surface area contributed by atoms with Gasteiger partial charge in [0.2, 0.25) is 11.7 Å². The predicted octanol–water partition coefficient (Wildman–Crippen LogP) is 5.45. The lowest BCUT2D eigenvalue weighted by Crippen LogP contribution is -2.38. The van der Waals surface area contributed by atoms with Crippen molar-refractivity contribution in [1.82, 2.24) is 24.6 Å². The molecule has 0 radical (unpaired) electrons. The second-order valence-corrected chi connectivity index (χ2v) is 9.75. The van der Waals surface area contributed by atoms with E-state index in [1.807, 2.05) is 31.3 Å².